The van der Waals surface area contributed by atoms with E-state index in [4.69, 9.17) is 4.74 Å². The topological polar surface area (TPSA) is 21.3 Å². The molecule has 1 heterocycles. The van der Waals surface area contributed by atoms with Crippen molar-refractivity contribution in [2.45, 2.75) is 37.8 Å². The first-order valence-corrected chi connectivity index (χ1v) is 7.82. The minimum atomic E-state index is 0.434. The molecule has 0 aliphatic carbocycles. The predicted octanol–water partition coefficient (Wildman–Crippen LogP) is 4.64. The Morgan fingerprint density at radius 2 is 1.38 bits per heavy atom. The Morgan fingerprint density at radius 3 is 1.95 bits per heavy atom. The van der Waals surface area contributed by atoms with Crippen LogP contribution in [0, 0.1) is 0 Å². The summed E-state index contributed by atoms with van der Waals surface area (Å²) in [5.74, 6) is 0.923. The molecule has 3 rings (SSSR count). The average Bonchev–Trinajstić information content (AvgIpc) is 2.82. The van der Waals surface area contributed by atoms with Gasteiger partial charge in [-0.1, -0.05) is 55.3 Å². The summed E-state index contributed by atoms with van der Waals surface area (Å²) in [6.07, 6.45) is 5.00. The number of ether oxygens (including phenoxy) is 1. The lowest BCUT2D eigenvalue weighted by atomic mass is 10.0. The van der Waals surface area contributed by atoms with Crippen molar-refractivity contribution in [3.05, 3.63) is 65.7 Å². The summed E-state index contributed by atoms with van der Waals surface area (Å²) in [4.78, 5) is 0. The molecule has 2 aromatic rings. The summed E-state index contributed by atoms with van der Waals surface area (Å²) in [6, 6.07) is 20.2. The highest BCUT2D eigenvalue weighted by atomic mass is 16.5. The highest BCUT2D eigenvalue weighted by Gasteiger charge is 2.21. The predicted molar refractivity (Wildman–Crippen MR) is 86.5 cm³/mol. The highest BCUT2D eigenvalue weighted by molar-refractivity contribution is 5.30. The van der Waals surface area contributed by atoms with E-state index in [1.807, 2.05) is 0 Å². The zero-order valence-electron chi connectivity index (χ0n) is 12.6. The minimum Gasteiger partial charge on any atom is -0.497 e. The third kappa shape index (κ3) is 3.45. The van der Waals surface area contributed by atoms with Gasteiger partial charge in [0.2, 0.25) is 0 Å². The van der Waals surface area contributed by atoms with Gasteiger partial charge in [0.05, 0.1) is 7.11 Å². The monoisotopic (exact) mass is 281 g/mol. The van der Waals surface area contributed by atoms with Crippen LogP contribution in [0.2, 0.25) is 0 Å². The third-order valence-electron chi connectivity index (χ3n) is 4.36. The number of nitrogens with one attached hydrogen (secondary N) is 1. The molecule has 0 saturated carbocycles. The average molecular weight is 281 g/mol. The Labute approximate surface area is 127 Å². The van der Waals surface area contributed by atoms with Crippen LogP contribution in [0.3, 0.4) is 0 Å². The number of rotatable bonds is 3. The van der Waals surface area contributed by atoms with Crippen molar-refractivity contribution in [2.75, 3.05) is 7.11 Å². The van der Waals surface area contributed by atoms with E-state index >= 15 is 0 Å². The smallest absolute Gasteiger partial charge is 0.118 e. The van der Waals surface area contributed by atoms with Gasteiger partial charge in [-0.05, 0) is 36.1 Å². The van der Waals surface area contributed by atoms with E-state index in [1.54, 1.807) is 7.11 Å². The summed E-state index contributed by atoms with van der Waals surface area (Å²) in [5.41, 5.74) is 2.76. The number of benzene rings is 2. The summed E-state index contributed by atoms with van der Waals surface area (Å²) >= 11 is 0. The van der Waals surface area contributed by atoms with E-state index in [9.17, 15) is 0 Å². The van der Waals surface area contributed by atoms with Crippen molar-refractivity contribution < 1.29 is 4.74 Å². The summed E-state index contributed by atoms with van der Waals surface area (Å²) in [5, 5.41) is 3.85. The molecule has 2 heteroatoms. The maximum Gasteiger partial charge on any atom is 0.118 e. The lowest BCUT2D eigenvalue weighted by Crippen LogP contribution is -2.24. The van der Waals surface area contributed by atoms with Crippen molar-refractivity contribution in [2.24, 2.45) is 0 Å². The molecular formula is C19H23NO. The molecule has 1 fully saturated rings. The van der Waals surface area contributed by atoms with Gasteiger partial charge < -0.3 is 10.1 Å². The van der Waals surface area contributed by atoms with Crippen LogP contribution < -0.4 is 10.1 Å². The van der Waals surface area contributed by atoms with Crippen molar-refractivity contribution in [3.63, 3.8) is 0 Å². The van der Waals surface area contributed by atoms with Gasteiger partial charge in [0, 0.05) is 12.1 Å². The first kappa shape index (κ1) is 14.2. The molecule has 0 spiro atoms. The van der Waals surface area contributed by atoms with E-state index in [0.29, 0.717) is 12.1 Å². The Balaban J connectivity index is 1.78. The fourth-order valence-electron chi connectivity index (χ4n) is 3.15. The molecule has 1 aliphatic heterocycles. The van der Waals surface area contributed by atoms with Gasteiger partial charge in [0.25, 0.3) is 0 Å². The Kier molecular flexibility index (Phi) is 4.56. The molecule has 1 N–H and O–H groups in total. The lowest BCUT2D eigenvalue weighted by Gasteiger charge is -2.23. The van der Waals surface area contributed by atoms with Crippen molar-refractivity contribution in [1.29, 1.82) is 0 Å². The Morgan fingerprint density at radius 1 is 0.810 bits per heavy atom. The van der Waals surface area contributed by atoms with Crippen LogP contribution in [0.1, 0.15) is 48.9 Å². The van der Waals surface area contributed by atoms with Gasteiger partial charge in [-0.2, -0.15) is 0 Å². The number of hydrogen-bond donors (Lipinski definition) is 1. The van der Waals surface area contributed by atoms with Gasteiger partial charge in [-0.25, -0.2) is 0 Å². The molecule has 0 bridgehead atoms. The molecular weight excluding hydrogens is 258 g/mol. The maximum atomic E-state index is 5.25. The Bertz CT molecular complexity index is 550. The van der Waals surface area contributed by atoms with E-state index < -0.39 is 0 Å². The minimum absolute atomic E-state index is 0.434. The molecule has 21 heavy (non-hydrogen) atoms. The molecule has 0 radical (unpaired) electrons. The molecule has 0 aromatic heterocycles. The second-order valence-electron chi connectivity index (χ2n) is 5.74. The first-order chi connectivity index (χ1) is 10.4. The Hall–Kier alpha value is -1.80. The van der Waals surface area contributed by atoms with E-state index in [1.165, 1.54) is 36.8 Å². The summed E-state index contributed by atoms with van der Waals surface area (Å²) in [7, 11) is 1.71. The van der Waals surface area contributed by atoms with Gasteiger partial charge in [0.1, 0.15) is 5.75 Å². The van der Waals surface area contributed by atoms with Crippen molar-refractivity contribution >= 4 is 0 Å². The zero-order valence-corrected chi connectivity index (χ0v) is 12.6. The highest BCUT2D eigenvalue weighted by Crippen LogP contribution is 2.31. The standard InChI is InChI=1S/C19H23NO/c1-21-17-13-11-16(12-14-17)19-10-6-5-9-18(20-19)15-7-3-2-4-8-15/h2-4,7-8,11-14,18-20H,5-6,9-10H2,1H3/t18-,19-/m0/s1. The number of hydrogen-bond acceptors (Lipinski definition) is 2. The second-order valence-corrected chi connectivity index (χ2v) is 5.74. The molecule has 0 unspecified atom stereocenters. The molecule has 2 aromatic carbocycles. The van der Waals surface area contributed by atoms with Gasteiger partial charge in [0.15, 0.2) is 0 Å². The van der Waals surface area contributed by atoms with Crippen molar-refractivity contribution in [1.82, 2.24) is 5.32 Å². The molecule has 2 atom stereocenters. The van der Waals surface area contributed by atoms with Crippen LogP contribution in [-0.4, -0.2) is 7.11 Å². The first-order valence-electron chi connectivity index (χ1n) is 7.82. The molecule has 2 nitrogen and oxygen atoms in total. The quantitative estimate of drug-likeness (QED) is 0.885. The fraction of sp³-hybridized carbons (Fsp3) is 0.368. The van der Waals surface area contributed by atoms with E-state index in [2.05, 4.69) is 59.9 Å². The zero-order chi connectivity index (χ0) is 14.5. The van der Waals surface area contributed by atoms with Crippen LogP contribution >= 0.6 is 0 Å². The lowest BCUT2D eigenvalue weighted by molar-refractivity contribution is 0.413. The van der Waals surface area contributed by atoms with Crippen LogP contribution in [-0.2, 0) is 0 Å². The van der Waals surface area contributed by atoms with Gasteiger partial charge in [-0.15, -0.1) is 0 Å². The summed E-state index contributed by atoms with van der Waals surface area (Å²) < 4.78 is 5.25. The van der Waals surface area contributed by atoms with Gasteiger partial charge >= 0.3 is 0 Å². The molecule has 1 aliphatic rings. The molecule has 110 valence electrons. The molecule has 1 saturated heterocycles. The fourth-order valence-corrected chi connectivity index (χ4v) is 3.15. The SMILES string of the molecule is COc1ccc([C@@H]2CCCC[C@@H](c3ccccc3)N2)cc1. The number of methoxy groups -OCH3 is 1. The normalized spacial score (nSPS) is 22.5. The maximum absolute atomic E-state index is 5.25. The van der Waals surface area contributed by atoms with Crippen LogP contribution in [0.25, 0.3) is 0 Å². The van der Waals surface area contributed by atoms with E-state index in [0.717, 1.165) is 5.75 Å². The van der Waals surface area contributed by atoms with E-state index in [-0.39, 0.29) is 0 Å². The van der Waals surface area contributed by atoms with Gasteiger partial charge in [-0.3, -0.25) is 0 Å². The van der Waals surface area contributed by atoms with Crippen LogP contribution in [0.15, 0.2) is 54.6 Å². The van der Waals surface area contributed by atoms with Crippen LogP contribution in [0.4, 0.5) is 0 Å². The molecule has 0 amide bonds. The third-order valence-corrected chi connectivity index (χ3v) is 4.36. The largest absolute Gasteiger partial charge is 0.497 e. The summed E-state index contributed by atoms with van der Waals surface area (Å²) in [6.45, 7) is 0. The second kappa shape index (κ2) is 6.77. The van der Waals surface area contributed by atoms with Crippen molar-refractivity contribution in [3.8, 4) is 5.75 Å². The van der Waals surface area contributed by atoms with Crippen LogP contribution in [0.5, 0.6) is 5.75 Å².